The van der Waals surface area contributed by atoms with Crippen molar-refractivity contribution >= 4 is 17.0 Å². The average molecular weight is 362 g/mol. The van der Waals surface area contributed by atoms with Crippen LogP contribution in [-0.2, 0) is 21.4 Å². The molecule has 0 saturated heterocycles. The summed E-state index contributed by atoms with van der Waals surface area (Å²) in [5, 5.41) is 18.9. The van der Waals surface area contributed by atoms with Crippen LogP contribution < -0.4 is 0 Å². The highest BCUT2D eigenvalue weighted by Gasteiger charge is 2.23. The van der Waals surface area contributed by atoms with Gasteiger partial charge in [0.05, 0.1) is 12.7 Å². The van der Waals surface area contributed by atoms with Crippen LogP contribution in [-0.4, -0.2) is 28.1 Å². The number of hydrogen-bond donors (Lipinski definition) is 0. The molecule has 0 fully saturated rings. The van der Waals surface area contributed by atoms with Crippen LogP contribution in [0.5, 0.6) is 0 Å². The smallest absolute Gasteiger partial charge is 0.305 e. The summed E-state index contributed by atoms with van der Waals surface area (Å²) in [6.07, 6.45) is 0.801. The first kappa shape index (κ1) is 18.6. The van der Waals surface area contributed by atoms with Gasteiger partial charge in [0.1, 0.15) is 22.8 Å². The van der Waals surface area contributed by atoms with Gasteiger partial charge in [-0.1, -0.05) is 39.0 Å². The molecule has 0 aliphatic rings. The maximum Gasteiger partial charge on any atom is 0.305 e. The standard InChI is InChI=1S/C21H22N4O2/c1-21(2,3)16-11-14(9-10-20(26)27-4)12-19(15(16)13-22)25-23-17-7-5-6-8-18(17)24-25/h5-8,11-12H,9-10H2,1-4H3. The Morgan fingerprint density at radius 3 is 2.33 bits per heavy atom. The fourth-order valence-electron chi connectivity index (χ4n) is 3.01. The number of hydrogen-bond acceptors (Lipinski definition) is 5. The highest BCUT2D eigenvalue weighted by molar-refractivity contribution is 5.74. The Kier molecular flexibility index (Phi) is 4.95. The minimum absolute atomic E-state index is 0.242. The van der Waals surface area contributed by atoms with E-state index in [0.717, 1.165) is 22.2 Å². The number of fused-ring (bicyclic) bond motifs is 1. The van der Waals surface area contributed by atoms with Gasteiger partial charge in [0.15, 0.2) is 0 Å². The van der Waals surface area contributed by atoms with Crippen molar-refractivity contribution in [2.24, 2.45) is 0 Å². The van der Waals surface area contributed by atoms with E-state index in [1.54, 1.807) is 0 Å². The zero-order valence-electron chi connectivity index (χ0n) is 16.0. The molecule has 0 radical (unpaired) electrons. The third-order valence-electron chi connectivity index (χ3n) is 4.44. The van der Waals surface area contributed by atoms with Gasteiger partial charge in [-0.15, -0.1) is 15.0 Å². The molecule has 6 heteroatoms. The second-order valence-corrected chi connectivity index (χ2v) is 7.45. The molecule has 27 heavy (non-hydrogen) atoms. The third-order valence-corrected chi connectivity index (χ3v) is 4.44. The first-order valence-electron chi connectivity index (χ1n) is 8.80. The van der Waals surface area contributed by atoms with Crippen LogP contribution in [0.3, 0.4) is 0 Å². The van der Waals surface area contributed by atoms with E-state index in [0.29, 0.717) is 17.7 Å². The highest BCUT2D eigenvalue weighted by atomic mass is 16.5. The van der Waals surface area contributed by atoms with Crippen LogP contribution >= 0.6 is 0 Å². The second kappa shape index (κ2) is 7.20. The van der Waals surface area contributed by atoms with Crippen LogP contribution in [0.4, 0.5) is 0 Å². The molecule has 0 saturated carbocycles. The van der Waals surface area contributed by atoms with E-state index in [9.17, 15) is 10.1 Å². The Bertz CT molecular complexity index is 1010. The predicted octanol–water partition coefficient (Wildman–Crippen LogP) is 3.70. The molecule has 1 aromatic heterocycles. The summed E-state index contributed by atoms with van der Waals surface area (Å²) >= 11 is 0. The maximum atomic E-state index is 11.6. The molecule has 138 valence electrons. The van der Waals surface area contributed by atoms with Crippen molar-refractivity contribution < 1.29 is 9.53 Å². The second-order valence-electron chi connectivity index (χ2n) is 7.45. The van der Waals surface area contributed by atoms with Gasteiger partial charge >= 0.3 is 5.97 Å². The van der Waals surface area contributed by atoms with Gasteiger partial charge in [0, 0.05) is 6.42 Å². The molecule has 0 atom stereocenters. The molecule has 6 nitrogen and oxygen atoms in total. The lowest BCUT2D eigenvalue weighted by Gasteiger charge is -2.23. The fraction of sp³-hybridized carbons (Fsp3) is 0.333. The molecular weight excluding hydrogens is 340 g/mol. The third kappa shape index (κ3) is 3.82. The van der Waals surface area contributed by atoms with Gasteiger partial charge in [-0.05, 0) is 41.2 Å². The molecule has 0 N–H and O–H groups in total. The Morgan fingerprint density at radius 1 is 1.19 bits per heavy atom. The summed E-state index contributed by atoms with van der Waals surface area (Å²) in [6, 6.07) is 13.8. The van der Waals surface area contributed by atoms with Crippen LogP contribution in [0.25, 0.3) is 16.7 Å². The minimum atomic E-state index is -0.263. The molecule has 2 aromatic carbocycles. The average Bonchev–Trinajstić information content (AvgIpc) is 3.08. The number of carbonyl (C=O) groups is 1. The molecule has 0 amide bonds. The van der Waals surface area contributed by atoms with Gasteiger partial charge in [0.25, 0.3) is 0 Å². The molecule has 3 rings (SSSR count). The van der Waals surface area contributed by atoms with E-state index in [1.165, 1.54) is 11.9 Å². The van der Waals surface area contributed by atoms with E-state index in [4.69, 9.17) is 4.74 Å². The summed E-state index contributed by atoms with van der Waals surface area (Å²) in [5.41, 5.74) is 4.31. The summed E-state index contributed by atoms with van der Waals surface area (Å²) in [6.45, 7) is 6.18. The number of nitrogens with zero attached hydrogens (tertiary/aromatic N) is 4. The Hall–Kier alpha value is -3.20. The maximum absolute atomic E-state index is 11.6. The molecule has 0 unspecified atom stereocenters. The topological polar surface area (TPSA) is 80.8 Å². The number of rotatable bonds is 4. The lowest BCUT2D eigenvalue weighted by Crippen LogP contribution is -2.17. The van der Waals surface area contributed by atoms with Crippen molar-refractivity contribution in [2.75, 3.05) is 7.11 Å². The molecule has 0 aliphatic heterocycles. The number of aromatic nitrogens is 3. The van der Waals surface area contributed by atoms with Crippen LogP contribution in [0.1, 0.15) is 43.9 Å². The number of aryl methyl sites for hydroxylation is 1. The SMILES string of the molecule is COC(=O)CCc1cc(-n2nc3ccccc3n2)c(C#N)c(C(C)(C)C)c1. The number of benzene rings is 2. The Labute approximate surface area is 158 Å². The van der Waals surface area contributed by atoms with E-state index < -0.39 is 0 Å². The van der Waals surface area contributed by atoms with Crippen LogP contribution in [0.2, 0.25) is 0 Å². The van der Waals surface area contributed by atoms with E-state index in [-0.39, 0.29) is 17.8 Å². The predicted molar refractivity (Wildman–Crippen MR) is 103 cm³/mol. The molecule has 0 aliphatic carbocycles. The van der Waals surface area contributed by atoms with Gasteiger partial charge in [0.2, 0.25) is 0 Å². The minimum Gasteiger partial charge on any atom is -0.469 e. The number of esters is 1. The van der Waals surface area contributed by atoms with Crippen molar-refractivity contribution in [2.45, 2.75) is 39.0 Å². The van der Waals surface area contributed by atoms with Gasteiger partial charge in [-0.2, -0.15) is 5.26 Å². The van der Waals surface area contributed by atoms with Crippen molar-refractivity contribution in [1.29, 1.82) is 5.26 Å². The largest absolute Gasteiger partial charge is 0.469 e. The lowest BCUT2D eigenvalue weighted by atomic mass is 9.82. The van der Waals surface area contributed by atoms with Gasteiger partial charge in [-0.25, -0.2) is 0 Å². The Balaban J connectivity index is 2.18. The first-order chi connectivity index (χ1) is 12.8. The summed E-state index contributed by atoms with van der Waals surface area (Å²) in [4.78, 5) is 13.1. The zero-order chi connectivity index (χ0) is 19.6. The van der Waals surface area contributed by atoms with Crippen molar-refractivity contribution in [3.05, 3.63) is 53.1 Å². The molecule has 1 heterocycles. The summed E-state index contributed by atoms with van der Waals surface area (Å²) in [7, 11) is 1.38. The van der Waals surface area contributed by atoms with Crippen molar-refractivity contribution in [1.82, 2.24) is 15.0 Å². The van der Waals surface area contributed by atoms with Crippen LogP contribution in [0, 0.1) is 11.3 Å². The molecule has 3 aromatic rings. The monoisotopic (exact) mass is 362 g/mol. The van der Waals surface area contributed by atoms with E-state index >= 15 is 0 Å². The quantitative estimate of drug-likeness (QED) is 0.661. The Morgan fingerprint density at radius 2 is 1.81 bits per heavy atom. The number of methoxy groups -OCH3 is 1. The number of carbonyl (C=O) groups excluding carboxylic acids is 1. The zero-order valence-corrected chi connectivity index (χ0v) is 16.0. The van der Waals surface area contributed by atoms with Crippen molar-refractivity contribution in [3.63, 3.8) is 0 Å². The number of ether oxygens (including phenoxy) is 1. The first-order valence-corrected chi connectivity index (χ1v) is 8.80. The number of nitriles is 1. The highest BCUT2D eigenvalue weighted by Crippen LogP contribution is 2.31. The summed E-state index contributed by atoms with van der Waals surface area (Å²) in [5.74, 6) is -0.263. The van der Waals surface area contributed by atoms with Gasteiger partial charge < -0.3 is 4.74 Å². The van der Waals surface area contributed by atoms with E-state index in [2.05, 4.69) is 37.0 Å². The summed E-state index contributed by atoms with van der Waals surface area (Å²) < 4.78 is 4.75. The van der Waals surface area contributed by atoms with Gasteiger partial charge in [-0.3, -0.25) is 4.79 Å². The molecular formula is C21H22N4O2. The van der Waals surface area contributed by atoms with Crippen LogP contribution in [0.15, 0.2) is 36.4 Å². The normalized spacial score (nSPS) is 11.4. The molecule has 0 spiro atoms. The molecule has 0 bridgehead atoms. The van der Waals surface area contributed by atoms with Crippen molar-refractivity contribution in [3.8, 4) is 11.8 Å². The lowest BCUT2D eigenvalue weighted by molar-refractivity contribution is -0.140. The van der Waals surface area contributed by atoms with E-state index in [1.807, 2.05) is 36.4 Å². The fourth-order valence-corrected chi connectivity index (χ4v) is 3.01.